The van der Waals surface area contributed by atoms with Gasteiger partial charge in [0.2, 0.25) is 0 Å². The number of hydrogen-bond acceptors (Lipinski definition) is 2. The average Bonchev–Trinajstić information content (AvgIpc) is 2.84. The first-order valence-corrected chi connectivity index (χ1v) is 6.51. The van der Waals surface area contributed by atoms with Gasteiger partial charge in [-0.3, -0.25) is 9.88 Å². The third-order valence-electron chi connectivity index (χ3n) is 3.79. The molecule has 0 spiro atoms. The lowest BCUT2D eigenvalue weighted by Crippen LogP contribution is -2.22. The van der Waals surface area contributed by atoms with Gasteiger partial charge >= 0.3 is 0 Å². The van der Waals surface area contributed by atoms with E-state index in [1.165, 1.54) is 29.5 Å². The highest BCUT2D eigenvalue weighted by atomic mass is 15.1. The van der Waals surface area contributed by atoms with E-state index < -0.39 is 0 Å². The highest BCUT2D eigenvalue weighted by molar-refractivity contribution is 5.34. The zero-order chi connectivity index (χ0) is 12.4. The lowest BCUT2D eigenvalue weighted by molar-refractivity contribution is 0.236. The Hall–Kier alpha value is -1.67. The molecule has 0 N–H and O–H groups in total. The first-order valence-electron chi connectivity index (χ1n) is 6.51. The predicted octanol–water partition coefficient (Wildman–Crippen LogP) is 3.20. The SMILES string of the molecule is CN(Cc1cccnc1)C1CCc2ccccc21. The number of aromatic nitrogens is 1. The Morgan fingerprint density at radius 3 is 2.94 bits per heavy atom. The molecule has 0 radical (unpaired) electrons. The smallest absolute Gasteiger partial charge is 0.0354 e. The molecule has 0 bridgehead atoms. The first-order chi connectivity index (χ1) is 8.84. The van der Waals surface area contributed by atoms with Crippen LogP contribution in [0.5, 0.6) is 0 Å². The van der Waals surface area contributed by atoms with E-state index in [2.05, 4.69) is 47.3 Å². The molecule has 3 rings (SSSR count). The average molecular weight is 238 g/mol. The summed E-state index contributed by atoms with van der Waals surface area (Å²) in [6, 6.07) is 13.5. The molecule has 0 saturated heterocycles. The number of hydrogen-bond donors (Lipinski definition) is 0. The summed E-state index contributed by atoms with van der Waals surface area (Å²) in [5.41, 5.74) is 4.30. The Morgan fingerprint density at radius 1 is 1.22 bits per heavy atom. The van der Waals surface area contributed by atoms with Gasteiger partial charge in [0.25, 0.3) is 0 Å². The number of aryl methyl sites for hydroxylation is 1. The van der Waals surface area contributed by atoms with Crippen LogP contribution in [0.4, 0.5) is 0 Å². The Morgan fingerprint density at radius 2 is 2.11 bits per heavy atom. The molecule has 2 heteroatoms. The van der Waals surface area contributed by atoms with E-state index in [-0.39, 0.29) is 0 Å². The van der Waals surface area contributed by atoms with Gasteiger partial charge in [0.15, 0.2) is 0 Å². The molecule has 0 amide bonds. The Labute approximate surface area is 108 Å². The fourth-order valence-corrected chi connectivity index (χ4v) is 2.88. The van der Waals surface area contributed by atoms with Crippen molar-refractivity contribution >= 4 is 0 Å². The second-order valence-electron chi connectivity index (χ2n) is 5.03. The molecule has 18 heavy (non-hydrogen) atoms. The number of pyridine rings is 1. The van der Waals surface area contributed by atoms with E-state index >= 15 is 0 Å². The molecule has 1 heterocycles. The second-order valence-corrected chi connectivity index (χ2v) is 5.03. The van der Waals surface area contributed by atoms with Gasteiger partial charge in [-0.25, -0.2) is 0 Å². The van der Waals surface area contributed by atoms with Crippen molar-refractivity contribution in [1.29, 1.82) is 0 Å². The lowest BCUT2D eigenvalue weighted by atomic mass is 10.1. The van der Waals surface area contributed by atoms with Crippen molar-refractivity contribution < 1.29 is 0 Å². The summed E-state index contributed by atoms with van der Waals surface area (Å²) in [6.45, 7) is 0.965. The minimum absolute atomic E-state index is 0.557. The standard InChI is InChI=1S/C16H18N2/c1-18(12-13-5-4-10-17-11-13)16-9-8-14-6-2-3-7-15(14)16/h2-7,10-11,16H,8-9,12H2,1H3. The summed E-state index contributed by atoms with van der Waals surface area (Å²) in [7, 11) is 2.21. The van der Waals surface area contributed by atoms with Crippen LogP contribution in [0.15, 0.2) is 48.8 Å². The molecule has 1 aromatic carbocycles. The first kappa shape index (κ1) is 11.4. The molecule has 2 aromatic rings. The molecule has 0 fully saturated rings. The van der Waals surface area contributed by atoms with Crippen molar-refractivity contribution in [2.75, 3.05) is 7.05 Å². The molecule has 1 aliphatic carbocycles. The molecule has 2 nitrogen and oxygen atoms in total. The van der Waals surface area contributed by atoms with Crippen LogP contribution in [-0.2, 0) is 13.0 Å². The predicted molar refractivity (Wildman–Crippen MR) is 73.2 cm³/mol. The molecule has 0 aliphatic heterocycles. The van der Waals surface area contributed by atoms with Crippen molar-refractivity contribution in [3.63, 3.8) is 0 Å². The Kier molecular flexibility index (Phi) is 3.11. The largest absolute Gasteiger partial charge is 0.295 e. The lowest BCUT2D eigenvalue weighted by Gasteiger charge is -2.25. The number of nitrogens with zero attached hydrogens (tertiary/aromatic N) is 2. The van der Waals surface area contributed by atoms with E-state index in [4.69, 9.17) is 0 Å². The van der Waals surface area contributed by atoms with Gasteiger partial charge in [0.1, 0.15) is 0 Å². The van der Waals surface area contributed by atoms with Gasteiger partial charge in [-0.2, -0.15) is 0 Å². The third kappa shape index (κ3) is 2.16. The normalized spacial score (nSPS) is 18.0. The maximum Gasteiger partial charge on any atom is 0.0354 e. The minimum Gasteiger partial charge on any atom is -0.295 e. The van der Waals surface area contributed by atoms with Crippen LogP contribution in [0.1, 0.15) is 29.2 Å². The van der Waals surface area contributed by atoms with Crippen LogP contribution in [0, 0.1) is 0 Å². The molecule has 0 saturated carbocycles. The zero-order valence-electron chi connectivity index (χ0n) is 10.7. The molecule has 1 unspecified atom stereocenters. The van der Waals surface area contributed by atoms with E-state index in [1.54, 1.807) is 0 Å². The highest BCUT2D eigenvalue weighted by Gasteiger charge is 2.25. The van der Waals surface area contributed by atoms with Gasteiger partial charge in [-0.05, 0) is 42.6 Å². The fraction of sp³-hybridized carbons (Fsp3) is 0.312. The van der Waals surface area contributed by atoms with Gasteiger partial charge in [-0.1, -0.05) is 30.3 Å². The van der Waals surface area contributed by atoms with Crippen LogP contribution in [0.3, 0.4) is 0 Å². The maximum absolute atomic E-state index is 4.18. The maximum atomic E-state index is 4.18. The minimum atomic E-state index is 0.557. The monoisotopic (exact) mass is 238 g/mol. The van der Waals surface area contributed by atoms with Crippen molar-refractivity contribution in [2.24, 2.45) is 0 Å². The quantitative estimate of drug-likeness (QED) is 0.816. The summed E-state index contributed by atoms with van der Waals surface area (Å²) in [5, 5.41) is 0. The number of fused-ring (bicyclic) bond motifs is 1. The van der Waals surface area contributed by atoms with E-state index in [0.29, 0.717) is 6.04 Å². The Bertz CT molecular complexity index is 522. The summed E-state index contributed by atoms with van der Waals surface area (Å²) in [4.78, 5) is 6.62. The third-order valence-corrected chi connectivity index (χ3v) is 3.79. The Balaban J connectivity index is 1.77. The van der Waals surface area contributed by atoms with Crippen molar-refractivity contribution in [3.05, 3.63) is 65.5 Å². The molecule has 1 aliphatic rings. The molecular weight excluding hydrogens is 220 g/mol. The summed E-state index contributed by atoms with van der Waals surface area (Å²) in [5.74, 6) is 0. The van der Waals surface area contributed by atoms with Crippen LogP contribution >= 0.6 is 0 Å². The van der Waals surface area contributed by atoms with Gasteiger partial charge in [0, 0.05) is 25.0 Å². The topological polar surface area (TPSA) is 16.1 Å². The summed E-state index contributed by atoms with van der Waals surface area (Å²) >= 11 is 0. The van der Waals surface area contributed by atoms with Crippen molar-refractivity contribution in [1.82, 2.24) is 9.88 Å². The van der Waals surface area contributed by atoms with Crippen molar-refractivity contribution in [2.45, 2.75) is 25.4 Å². The van der Waals surface area contributed by atoms with Crippen LogP contribution in [0.2, 0.25) is 0 Å². The molecule has 92 valence electrons. The van der Waals surface area contributed by atoms with E-state index in [9.17, 15) is 0 Å². The van der Waals surface area contributed by atoms with Crippen LogP contribution < -0.4 is 0 Å². The molecular formula is C16H18N2. The summed E-state index contributed by atoms with van der Waals surface area (Å²) < 4.78 is 0. The zero-order valence-corrected chi connectivity index (χ0v) is 10.7. The fourth-order valence-electron chi connectivity index (χ4n) is 2.88. The summed E-state index contributed by atoms with van der Waals surface area (Å²) in [6.07, 6.45) is 6.22. The van der Waals surface area contributed by atoms with E-state index in [1.807, 2.05) is 18.5 Å². The van der Waals surface area contributed by atoms with Crippen molar-refractivity contribution in [3.8, 4) is 0 Å². The van der Waals surface area contributed by atoms with Gasteiger partial charge in [0.05, 0.1) is 0 Å². The second kappa shape index (κ2) is 4.91. The van der Waals surface area contributed by atoms with Gasteiger partial charge < -0.3 is 0 Å². The highest BCUT2D eigenvalue weighted by Crippen LogP contribution is 2.35. The molecule has 1 aromatic heterocycles. The van der Waals surface area contributed by atoms with Gasteiger partial charge in [-0.15, -0.1) is 0 Å². The number of rotatable bonds is 3. The van der Waals surface area contributed by atoms with Crippen LogP contribution in [0.25, 0.3) is 0 Å². The number of benzene rings is 1. The van der Waals surface area contributed by atoms with E-state index in [0.717, 1.165) is 6.54 Å². The molecule has 1 atom stereocenters. The van der Waals surface area contributed by atoms with Crippen LogP contribution in [-0.4, -0.2) is 16.9 Å².